The van der Waals surface area contributed by atoms with Crippen molar-refractivity contribution in [2.75, 3.05) is 39.6 Å². The lowest BCUT2D eigenvalue weighted by Gasteiger charge is -2.01. The minimum Gasteiger partial charge on any atom is -0.412 e. The molecule has 4 N–H and O–H groups in total. The summed E-state index contributed by atoms with van der Waals surface area (Å²) < 4.78 is 9.75. The summed E-state index contributed by atoms with van der Waals surface area (Å²) in [4.78, 5) is 0. The zero-order valence-corrected chi connectivity index (χ0v) is 9.92. The maximum atomic E-state index is 8.26. The van der Waals surface area contributed by atoms with E-state index >= 15 is 0 Å². The molecule has 0 atom stereocenters. The Kier molecular flexibility index (Phi) is 18.8. The summed E-state index contributed by atoms with van der Waals surface area (Å²) in [5.74, 6) is 0. The molecule has 0 spiro atoms. The van der Waals surface area contributed by atoms with Crippen LogP contribution in [0, 0.1) is 0 Å². The Bertz CT molecular complexity index is 171. The molecule has 0 unspecified atom stereocenters. The molecule has 0 aromatic heterocycles. The molecule has 0 saturated heterocycles. The van der Waals surface area contributed by atoms with Gasteiger partial charge in [0.15, 0.2) is 0 Å². The van der Waals surface area contributed by atoms with E-state index in [1.807, 2.05) is 36.4 Å². The van der Waals surface area contributed by atoms with Crippen LogP contribution in [-0.4, -0.2) is 55.3 Å². The number of aliphatic hydroxyl groups is 2. The minimum atomic E-state index is 0. The third-order valence-corrected chi connectivity index (χ3v) is 1.51. The Morgan fingerprint density at radius 1 is 0.588 bits per heavy atom. The average Bonchev–Trinajstić information content (AvgIpc) is 2.37. The molecule has 5 heteroatoms. The highest BCUT2D eigenvalue weighted by Gasteiger charge is 1.86. The molecule has 0 amide bonds. The van der Waals surface area contributed by atoms with Crippen LogP contribution in [0.4, 0.5) is 0 Å². The predicted octanol–water partition coefficient (Wildman–Crippen LogP) is -0.134. The van der Waals surface area contributed by atoms with Gasteiger partial charge in [0.05, 0.1) is 39.6 Å². The topological polar surface area (TPSA) is 90.4 Å². The summed E-state index contributed by atoms with van der Waals surface area (Å²) in [5.41, 5.74) is 0. The summed E-state index contributed by atoms with van der Waals surface area (Å²) >= 11 is 0. The molecule has 0 heterocycles. The second kappa shape index (κ2) is 17.4. The van der Waals surface area contributed by atoms with Gasteiger partial charge in [0, 0.05) is 0 Å². The summed E-state index contributed by atoms with van der Waals surface area (Å²) in [6, 6.07) is 12.0. The minimum absolute atomic E-state index is 0. The molecule has 0 radical (unpaired) electrons. The van der Waals surface area contributed by atoms with Gasteiger partial charge >= 0.3 is 0 Å². The van der Waals surface area contributed by atoms with E-state index in [-0.39, 0.29) is 18.7 Å². The van der Waals surface area contributed by atoms with Gasteiger partial charge in [-0.05, 0) is 0 Å². The van der Waals surface area contributed by atoms with Crippen molar-refractivity contribution < 1.29 is 25.2 Å². The Balaban J connectivity index is 0. The molecule has 1 rings (SSSR count). The molecule has 0 saturated carbocycles. The van der Waals surface area contributed by atoms with E-state index < -0.39 is 0 Å². The Morgan fingerprint density at radius 3 is 1.12 bits per heavy atom. The standard InChI is InChI=1S/C6H14O4.C6H6.H2O/c7-1-3-9-5-6-10-4-2-8;1-2-4-6-5-3-1;/h7-8H,1-6H2;1-6H;1H2. The van der Waals surface area contributed by atoms with Crippen LogP contribution in [-0.2, 0) is 9.47 Å². The third-order valence-electron chi connectivity index (χ3n) is 1.51. The molecular formula is C12H22O5. The van der Waals surface area contributed by atoms with E-state index in [0.717, 1.165) is 0 Å². The van der Waals surface area contributed by atoms with E-state index in [1.54, 1.807) is 0 Å². The molecule has 1 aromatic rings. The van der Waals surface area contributed by atoms with E-state index in [4.69, 9.17) is 19.7 Å². The molecule has 0 aliphatic rings. The van der Waals surface area contributed by atoms with Gasteiger partial charge in [-0.1, -0.05) is 36.4 Å². The molecule has 0 aliphatic carbocycles. The van der Waals surface area contributed by atoms with Crippen LogP contribution in [0.3, 0.4) is 0 Å². The van der Waals surface area contributed by atoms with Gasteiger partial charge in [0.2, 0.25) is 0 Å². The van der Waals surface area contributed by atoms with Crippen molar-refractivity contribution >= 4 is 0 Å². The van der Waals surface area contributed by atoms with Crippen LogP contribution in [0.1, 0.15) is 0 Å². The molecule has 1 aromatic carbocycles. The number of rotatable bonds is 7. The average molecular weight is 246 g/mol. The molecule has 0 fully saturated rings. The largest absolute Gasteiger partial charge is 0.412 e. The fourth-order valence-corrected chi connectivity index (χ4v) is 0.836. The second-order valence-electron chi connectivity index (χ2n) is 2.83. The monoisotopic (exact) mass is 246 g/mol. The summed E-state index contributed by atoms with van der Waals surface area (Å²) in [5, 5.41) is 16.5. The highest BCUT2D eigenvalue weighted by Crippen LogP contribution is 1.80. The third kappa shape index (κ3) is 17.6. The van der Waals surface area contributed by atoms with Crippen molar-refractivity contribution in [3.8, 4) is 0 Å². The van der Waals surface area contributed by atoms with Crippen molar-refractivity contribution in [3.05, 3.63) is 36.4 Å². The SMILES string of the molecule is O.OCCOCCOCCO.c1ccccc1. The summed E-state index contributed by atoms with van der Waals surface area (Å²) in [7, 11) is 0. The van der Waals surface area contributed by atoms with E-state index in [1.165, 1.54) is 0 Å². The fraction of sp³-hybridized carbons (Fsp3) is 0.500. The quantitative estimate of drug-likeness (QED) is 0.655. The maximum Gasteiger partial charge on any atom is 0.0701 e. The first-order valence-electron chi connectivity index (χ1n) is 5.29. The van der Waals surface area contributed by atoms with Crippen LogP contribution in [0.5, 0.6) is 0 Å². The van der Waals surface area contributed by atoms with Crippen LogP contribution >= 0.6 is 0 Å². The summed E-state index contributed by atoms with van der Waals surface area (Å²) in [6.45, 7) is 1.73. The van der Waals surface area contributed by atoms with E-state index in [9.17, 15) is 0 Å². The van der Waals surface area contributed by atoms with Gasteiger partial charge in [-0.25, -0.2) is 0 Å². The van der Waals surface area contributed by atoms with Crippen molar-refractivity contribution in [2.45, 2.75) is 0 Å². The van der Waals surface area contributed by atoms with Gasteiger partial charge in [-0.15, -0.1) is 0 Å². The Morgan fingerprint density at radius 2 is 0.882 bits per heavy atom. The van der Waals surface area contributed by atoms with Gasteiger partial charge in [-0.3, -0.25) is 0 Å². The highest BCUT2D eigenvalue weighted by molar-refractivity contribution is 4.99. The number of hydrogen-bond acceptors (Lipinski definition) is 4. The first kappa shape index (κ1) is 18.4. The smallest absolute Gasteiger partial charge is 0.0701 e. The number of ether oxygens (including phenoxy) is 2. The molecule has 5 nitrogen and oxygen atoms in total. The van der Waals surface area contributed by atoms with Crippen LogP contribution < -0.4 is 0 Å². The molecular weight excluding hydrogens is 224 g/mol. The van der Waals surface area contributed by atoms with Gasteiger partial charge in [0.25, 0.3) is 0 Å². The van der Waals surface area contributed by atoms with Crippen molar-refractivity contribution in [3.63, 3.8) is 0 Å². The zero-order chi connectivity index (χ0) is 11.9. The van der Waals surface area contributed by atoms with Gasteiger partial charge in [0.1, 0.15) is 0 Å². The normalized spacial score (nSPS) is 8.82. The van der Waals surface area contributed by atoms with Crippen LogP contribution in [0.15, 0.2) is 36.4 Å². The van der Waals surface area contributed by atoms with E-state index in [2.05, 4.69) is 0 Å². The summed E-state index contributed by atoms with van der Waals surface area (Å²) in [6.07, 6.45) is 0. The number of benzene rings is 1. The molecule has 17 heavy (non-hydrogen) atoms. The van der Waals surface area contributed by atoms with Crippen molar-refractivity contribution in [1.82, 2.24) is 0 Å². The fourth-order valence-electron chi connectivity index (χ4n) is 0.836. The van der Waals surface area contributed by atoms with Crippen molar-refractivity contribution in [1.29, 1.82) is 0 Å². The number of hydrogen-bond donors (Lipinski definition) is 2. The van der Waals surface area contributed by atoms with Crippen LogP contribution in [0.2, 0.25) is 0 Å². The first-order chi connectivity index (χ1) is 7.91. The molecule has 100 valence electrons. The maximum absolute atomic E-state index is 8.26. The molecule has 0 aliphatic heterocycles. The Labute approximate surface area is 102 Å². The lowest BCUT2D eigenvalue weighted by atomic mass is 10.4. The predicted molar refractivity (Wildman–Crippen MR) is 65.9 cm³/mol. The van der Waals surface area contributed by atoms with Crippen molar-refractivity contribution in [2.24, 2.45) is 0 Å². The zero-order valence-electron chi connectivity index (χ0n) is 9.92. The Hall–Kier alpha value is -0.980. The highest BCUT2D eigenvalue weighted by atomic mass is 16.5. The number of aliphatic hydroxyl groups excluding tert-OH is 2. The van der Waals surface area contributed by atoms with E-state index in [0.29, 0.717) is 26.4 Å². The lowest BCUT2D eigenvalue weighted by molar-refractivity contribution is 0.0222. The second-order valence-corrected chi connectivity index (χ2v) is 2.83. The molecule has 0 bridgehead atoms. The van der Waals surface area contributed by atoms with Gasteiger partial charge in [-0.2, -0.15) is 0 Å². The first-order valence-corrected chi connectivity index (χ1v) is 5.29. The van der Waals surface area contributed by atoms with Crippen LogP contribution in [0.25, 0.3) is 0 Å². The lowest BCUT2D eigenvalue weighted by Crippen LogP contribution is -2.09. The van der Waals surface area contributed by atoms with Gasteiger partial charge < -0.3 is 25.2 Å².